The number of benzene rings is 1. The molecule has 1 heterocycles. The number of furan rings is 1. The molecule has 0 amide bonds. The lowest BCUT2D eigenvalue weighted by molar-refractivity contribution is -0.384. The van der Waals surface area contributed by atoms with Crippen molar-refractivity contribution in [3.63, 3.8) is 0 Å². The fraction of sp³-hybridized carbons (Fsp3) is 0.167. The van der Waals surface area contributed by atoms with Crippen LogP contribution in [0.4, 0.5) is 5.69 Å². The van der Waals surface area contributed by atoms with E-state index in [2.05, 4.69) is 0 Å². The second-order valence-electron chi connectivity index (χ2n) is 3.57. The SMILES string of the molecule is COc1ccc([N+](=O)[O-])cc1-c1ccc(CO)o1. The fourth-order valence-electron chi connectivity index (χ4n) is 1.61. The van der Waals surface area contributed by atoms with Gasteiger partial charge in [-0.25, -0.2) is 0 Å². The van der Waals surface area contributed by atoms with Crippen molar-refractivity contribution in [2.24, 2.45) is 0 Å². The quantitative estimate of drug-likeness (QED) is 0.664. The zero-order valence-electron chi connectivity index (χ0n) is 9.62. The van der Waals surface area contributed by atoms with E-state index >= 15 is 0 Å². The van der Waals surface area contributed by atoms with Gasteiger partial charge >= 0.3 is 0 Å². The zero-order valence-corrected chi connectivity index (χ0v) is 9.62. The maximum Gasteiger partial charge on any atom is 0.270 e. The molecule has 2 aromatic rings. The van der Waals surface area contributed by atoms with Crippen molar-refractivity contribution in [2.45, 2.75) is 6.61 Å². The van der Waals surface area contributed by atoms with Crippen molar-refractivity contribution in [3.05, 3.63) is 46.2 Å². The van der Waals surface area contributed by atoms with Gasteiger partial charge in [0.1, 0.15) is 23.9 Å². The Labute approximate surface area is 103 Å². The Bertz CT molecular complexity index is 576. The molecule has 0 saturated heterocycles. The van der Waals surface area contributed by atoms with Gasteiger partial charge in [0.15, 0.2) is 0 Å². The van der Waals surface area contributed by atoms with Crippen LogP contribution >= 0.6 is 0 Å². The van der Waals surface area contributed by atoms with E-state index < -0.39 is 4.92 Å². The van der Waals surface area contributed by atoms with Gasteiger partial charge in [0, 0.05) is 12.1 Å². The summed E-state index contributed by atoms with van der Waals surface area (Å²) in [5.41, 5.74) is 0.430. The highest BCUT2D eigenvalue weighted by atomic mass is 16.6. The third-order valence-corrected chi connectivity index (χ3v) is 2.48. The van der Waals surface area contributed by atoms with Gasteiger partial charge in [0.25, 0.3) is 5.69 Å². The van der Waals surface area contributed by atoms with Crippen molar-refractivity contribution >= 4 is 5.69 Å². The van der Waals surface area contributed by atoms with Gasteiger partial charge in [-0.05, 0) is 18.2 Å². The predicted octanol–water partition coefficient (Wildman–Crippen LogP) is 2.36. The van der Waals surface area contributed by atoms with Gasteiger partial charge in [-0.2, -0.15) is 0 Å². The summed E-state index contributed by atoms with van der Waals surface area (Å²) < 4.78 is 10.5. The molecule has 6 nitrogen and oxygen atoms in total. The molecular weight excluding hydrogens is 238 g/mol. The van der Waals surface area contributed by atoms with Crippen LogP contribution in [0.1, 0.15) is 5.76 Å². The molecule has 0 aliphatic heterocycles. The Hall–Kier alpha value is -2.34. The molecule has 1 aromatic carbocycles. The molecule has 1 N–H and O–H groups in total. The van der Waals surface area contributed by atoms with E-state index in [1.807, 2.05) is 0 Å². The highest BCUT2D eigenvalue weighted by molar-refractivity contribution is 5.69. The first-order chi connectivity index (χ1) is 8.65. The van der Waals surface area contributed by atoms with E-state index in [-0.39, 0.29) is 12.3 Å². The number of ether oxygens (including phenoxy) is 1. The highest BCUT2D eigenvalue weighted by Crippen LogP contribution is 2.34. The third-order valence-electron chi connectivity index (χ3n) is 2.48. The maximum absolute atomic E-state index is 10.7. The Kier molecular flexibility index (Phi) is 3.29. The average molecular weight is 249 g/mol. The Morgan fingerprint density at radius 3 is 2.72 bits per heavy atom. The maximum atomic E-state index is 10.7. The molecule has 6 heteroatoms. The number of nitro benzene ring substituents is 1. The number of aliphatic hydroxyl groups is 1. The van der Waals surface area contributed by atoms with Crippen molar-refractivity contribution in [1.82, 2.24) is 0 Å². The summed E-state index contributed by atoms with van der Waals surface area (Å²) in [5.74, 6) is 1.28. The molecule has 0 bridgehead atoms. The smallest absolute Gasteiger partial charge is 0.270 e. The van der Waals surface area contributed by atoms with E-state index in [9.17, 15) is 10.1 Å². The van der Waals surface area contributed by atoms with Crippen molar-refractivity contribution in [3.8, 4) is 17.1 Å². The van der Waals surface area contributed by atoms with Gasteiger partial charge in [0.2, 0.25) is 0 Å². The van der Waals surface area contributed by atoms with Gasteiger partial charge in [0.05, 0.1) is 17.6 Å². The molecule has 0 saturated carbocycles. The summed E-state index contributed by atoms with van der Waals surface area (Å²) in [5, 5.41) is 19.7. The second-order valence-corrected chi connectivity index (χ2v) is 3.57. The minimum absolute atomic E-state index is 0.0484. The minimum Gasteiger partial charge on any atom is -0.496 e. The number of hydrogen-bond acceptors (Lipinski definition) is 5. The molecule has 0 unspecified atom stereocenters. The van der Waals surface area contributed by atoms with E-state index in [4.69, 9.17) is 14.3 Å². The van der Waals surface area contributed by atoms with E-state index in [0.717, 1.165) is 0 Å². The molecule has 94 valence electrons. The molecule has 0 atom stereocenters. The molecule has 1 aromatic heterocycles. The number of aliphatic hydroxyl groups excluding tert-OH is 1. The summed E-state index contributed by atoms with van der Waals surface area (Å²) >= 11 is 0. The Morgan fingerprint density at radius 2 is 2.17 bits per heavy atom. The van der Waals surface area contributed by atoms with E-state index in [0.29, 0.717) is 22.8 Å². The summed E-state index contributed by atoms with van der Waals surface area (Å²) in [6, 6.07) is 7.48. The second kappa shape index (κ2) is 4.89. The number of nitro groups is 1. The lowest BCUT2D eigenvalue weighted by Crippen LogP contribution is -1.91. The molecule has 0 radical (unpaired) electrons. The van der Waals surface area contributed by atoms with Crippen LogP contribution < -0.4 is 4.74 Å². The third kappa shape index (κ3) is 2.18. The normalized spacial score (nSPS) is 10.3. The van der Waals surface area contributed by atoms with Crippen LogP contribution in [0.3, 0.4) is 0 Å². The van der Waals surface area contributed by atoms with Gasteiger partial charge in [-0.1, -0.05) is 0 Å². The lowest BCUT2D eigenvalue weighted by atomic mass is 10.1. The van der Waals surface area contributed by atoms with Crippen molar-refractivity contribution in [1.29, 1.82) is 0 Å². The summed E-state index contributed by atoms with van der Waals surface area (Å²) in [7, 11) is 1.47. The summed E-state index contributed by atoms with van der Waals surface area (Å²) in [4.78, 5) is 10.3. The van der Waals surface area contributed by atoms with E-state index in [1.165, 1.54) is 25.3 Å². The standard InChI is InChI=1S/C12H11NO5/c1-17-11-4-2-8(13(15)16)6-10(11)12-5-3-9(7-14)18-12/h2-6,14H,7H2,1H3. The molecule has 0 fully saturated rings. The van der Waals surface area contributed by atoms with Crippen LogP contribution in [0.25, 0.3) is 11.3 Å². The van der Waals surface area contributed by atoms with Crippen LogP contribution in [0.2, 0.25) is 0 Å². The summed E-state index contributed by atoms with van der Waals surface area (Å²) in [6.07, 6.45) is 0. The Balaban J connectivity index is 2.52. The Morgan fingerprint density at radius 1 is 1.39 bits per heavy atom. The largest absolute Gasteiger partial charge is 0.496 e. The van der Waals surface area contributed by atoms with Gasteiger partial charge in [-0.3, -0.25) is 10.1 Å². The number of rotatable bonds is 4. The van der Waals surface area contributed by atoms with Crippen LogP contribution in [-0.4, -0.2) is 17.1 Å². The molecule has 0 aliphatic carbocycles. The van der Waals surface area contributed by atoms with Crippen LogP contribution in [-0.2, 0) is 6.61 Å². The number of nitrogens with zero attached hydrogens (tertiary/aromatic N) is 1. The number of hydrogen-bond donors (Lipinski definition) is 1. The molecule has 0 aliphatic rings. The van der Waals surface area contributed by atoms with Crippen LogP contribution in [0, 0.1) is 10.1 Å². The van der Waals surface area contributed by atoms with Gasteiger partial charge < -0.3 is 14.3 Å². The zero-order chi connectivity index (χ0) is 13.1. The first-order valence-electron chi connectivity index (χ1n) is 5.18. The first kappa shape index (κ1) is 12.1. The number of non-ortho nitro benzene ring substituents is 1. The monoisotopic (exact) mass is 249 g/mol. The van der Waals surface area contributed by atoms with Gasteiger partial charge in [-0.15, -0.1) is 0 Å². The first-order valence-corrected chi connectivity index (χ1v) is 5.18. The van der Waals surface area contributed by atoms with Crippen molar-refractivity contribution in [2.75, 3.05) is 7.11 Å². The lowest BCUT2D eigenvalue weighted by Gasteiger charge is -2.05. The fourth-order valence-corrected chi connectivity index (χ4v) is 1.61. The topological polar surface area (TPSA) is 85.7 Å². The van der Waals surface area contributed by atoms with E-state index in [1.54, 1.807) is 12.1 Å². The summed E-state index contributed by atoms with van der Waals surface area (Å²) in [6.45, 7) is -0.225. The molecule has 0 spiro atoms. The minimum atomic E-state index is -0.487. The average Bonchev–Trinajstić information content (AvgIpc) is 2.86. The van der Waals surface area contributed by atoms with Crippen LogP contribution in [0.15, 0.2) is 34.7 Å². The molecule has 18 heavy (non-hydrogen) atoms. The van der Waals surface area contributed by atoms with Crippen LogP contribution in [0.5, 0.6) is 5.75 Å². The highest BCUT2D eigenvalue weighted by Gasteiger charge is 2.15. The molecular formula is C12H11NO5. The molecule has 2 rings (SSSR count). The number of methoxy groups -OCH3 is 1. The van der Waals surface area contributed by atoms with Crippen molar-refractivity contribution < 1.29 is 19.2 Å². The predicted molar refractivity (Wildman–Crippen MR) is 63.3 cm³/mol.